The summed E-state index contributed by atoms with van der Waals surface area (Å²) in [4.78, 5) is 10.6. The van der Waals surface area contributed by atoms with E-state index in [1.165, 1.54) is 7.11 Å². The van der Waals surface area contributed by atoms with E-state index in [9.17, 15) is 9.90 Å². The van der Waals surface area contributed by atoms with Crippen LogP contribution in [0.2, 0.25) is 0 Å². The largest absolute Gasteiger partial charge is 0.481 e. The Morgan fingerprint density at radius 3 is 2.79 bits per heavy atom. The van der Waals surface area contributed by atoms with Crippen molar-refractivity contribution in [2.45, 2.75) is 24.2 Å². The lowest BCUT2D eigenvalue weighted by Gasteiger charge is -2.30. The highest BCUT2D eigenvalue weighted by Gasteiger charge is 2.51. The van der Waals surface area contributed by atoms with Crippen LogP contribution in [0.25, 0.3) is 0 Å². The molecule has 1 aliphatic heterocycles. The van der Waals surface area contributed by atoms with E-state index >= 15 is 0 Å². The Bertz CT molecular complexity index is 218. The Morgan fingerprint density at radius 2 is 2.36 bits per heavy atom. The first-order valence-corrected chi connectivity index (χ1v) is 4.23. The van der Waals surface area contributed by atoms with Gasteiger partial charge in [0.2, 0.25) is 0 Å². The molecule has 1 heterocycles. The molecule has 3 atom stereocenters. The van der Waals surface area contributed by atoms with Crippen molar-refractivity contribution in [1.82, 2.24) is 0 Å². The van der Waals surface area contributed by atoms with Gasteiger partial charge < -0.3 is 24.8 Å². The predicted octanol–water partition coefficient (Wildman–Crippen LogP) is -1.40. The Labute approximate surface area is 81.1 Å². The first-order valence-electron chi connectivity index (χ1n) is 4.23. The number of carboxylic acids is 1. The number of aliphatic hydroxyl groups is 2. The molecule has 1 aliphatic rings. The van der Waals surface area contributed by atoms with Gasteiger partial charge in [-0.15, -0.1) is 0 Å². The van der Waals surface area contributed by atoms with E-state index in [1.807, 2.05) is 0 Å². The molecule has 1 unspecified atom stereocenters. The van der Waals surface area contributed by atoms with Crippen LogP contribution in [0.4, 0.5) is 0 Å². The van der Waals surface area contributed by atoms with Gasteiger partial charge in [-0.1, -0.05) is 0 Å². The molecule has 0 bridgehead atoms. The molecular formula is C8H14O6. The van der Waals surface area contributed by atoms with E-state index in [0.717, 1.165) is 0 Å². The second-order valence-electron chi connectivity index (χ2n) is 3.33. The minimum Gasteiger partial charge on any atom is -0.481 e. The standard InChI is InChI=1S/C8H14O6/c1-13-7-5(10)3-14-8(7,4-9)2-6(11)12/h5,7,9-10H,2-4H2,1H3,(H,11,12)/t5-,7?,8+/m1/s1. The second kappa shape index (κ2) is 4.22. The summed E-state index contributed by atoms with van der Waals surface area (Å²) in [7, 11) is 1.34. The molecule has 1 rings (SSSR count). The summed E-state index contributed by atoms with van der Waals surface area (Å²) < 4.78 is 10.0. The molecule has 1 fully saturated rings. The highest BCUT2D eigenvalue weighted by molar-refractivity contribution is 5.68. The number of hydrogen-bond acceptors (Lipinski definition) is 5. The van der Waals surface area contributed by atoms with Crippen molar-refractivity contribution in [2.24, 2.45) is 0 Å². The molecule has 0 amide bonds. The lowest BCUT2D eigenvalue weighted by Crippen LogP contribution is -2.48. The van der Waals surface area contributed by atoms with Crippen molar-refractivity contribution in [3.63, 3.8) is 0 Å². The molecule has 0 saturated carbocycles. The van der Waals surface area contributed by atoms with E-state index in [4.69, 9.17) is 19.7 Å². The zero-order valence-corrected chi connectivity index (χ0v) is 7.84. The van der Waals surface area contributed by atoms with Crippen LogP contribution in [0.1, 0.15) is 6.42 Å². The summed E-state index contributed by atoms with van der Waals surface area (Å²) >= 11 is 0. The molecule has 0 radical (unpaired) electrons. The van der Waals surface area contributed by atoms with Crippen LogP contribution in [0.3, 0.4) is 0 Å². The van der Waals surface area contributed by atoms with Crippen LogP contribution in [0.5, 0.6) is 0 Å². The maximum Gasteiger partial charge on any atom is 0.306 e. The van der Waals surface area contributed by atoms with Gasteiger partial charge in [0.05, 0.1) is 19.6 Å². The lowest BCUT2D eigenvalue weighted by molar-refractivity contribution is -0.154. The molecule has 3 N–H and O–H groups in total. The van der Waals surface area contributed by atoms with Crippen LogP contribution >= 0.6 is 0 Å². The van der Waals surface area contributed by atoms with Crippen molar-refractivity contribution < 1.29 is 29.6 Å². The normalized spacial score (nSPS) is 37.4. The third-order valence-corrected chi connectivity index (χ3v) is 2.38. The molecule has 6 nitrogen and oxygen atoms in total. The van der Waals surface area contributed by atoms with E-state index < -0.39 is 30.4 Å². The molecule has 0 aliphatic carbocycles. The first-order chi connectivity index (χ1) is 6.55. The summed E-state index contributed by atoms with van der Waals surface area (Å²) in [6, 6.07) is 0. The van der Waals surface area contributed by atoms with Crippen molar-refractivity contribution in [1.29, 1.82) is 0 Å². The van der Waals surface area contributed by atoms with Gasteiger partial charge in [0.15, 0.2) is 0 Å². The number of carbonyl (C=O) groups is 1. The number of aliphatic carboxylic acids is 1. The molecule has 6 heteroatoms. The van der Waals surface area contributed by atoms with Gasteiger partial charge in [0, 0.05) is 7.11 Å². The van der Waals surface area contributed by atoms with E-state index in [-0.39, 0.29) is 13.0 Å². The minimum atomic E-state index is -1.32. The number of aliphatic hydroxyl groups excluding tert-OH is 2. The van der Waals surface area contributed by atoms with Gasteiger partial charge >= 0.3 is 5.97 Å². The first kappa shape index (κ1) is 11.4. The van der Waals surface area contributed by atoms with Crippen molar-refractivity contribution in [3.05, 3.63) is 0 Å². The van der Waals surface area contributed by atoms with Gasteiger partial charge in [-0.2, -0.15) is 0 Å². The van der Waals surface area contributed by atoms with Gasteiger partial charge in [-0.3, -0.25) is 4.79 Å². The highest BCUT2D eigenvalue weighted by Crippen LogP contribution is 2.31. The predicted molar refractivity (Wildman–Crippen MR) is 44.8 cm³/mol. The molecule has 0 aromatic carbocycles. The fourth-order valence-electron chi connectivity index (χ4n) is 1.74. The molecule has 82 valence electrons. The van der Waals surface area contributed by atoms with Gasteiger partial charge in [0.1, 0.15) is 17.8 Å². The Kier molecular flexibility index (Phi) is 3.43. The third-order valence-electron chi connectivity index (χ3n) is 2.38. The maximum absolute atomic E-state index is 10.6. The Morgan fingerprint density at radius 1 is 1.71 bits per heavy atom. The van der Waals surface area contributed by atoms with E-state index in [1.54, 1.807) is 0 Å². The molecule has 0 aromatic heterocycles. The zero-order valence-electron chi connectivity index (χ0n) is 7.84. The minimum absolute atomic E-state index is 0.0215. The molecule has 0 spiro atoms. The van der Waals surface area contributed by atoms with Crippen molar-refractivity contribution >= 4 is 5.97 Å². The fraction of sp³-hybridized carbons (Fsp3) is 0.875. The average Bonchev–Trinajstić information content (AvgIpc) is 2.43. The highest BCUT2D eigenvalue weighted by atomic mass is 16.6. The van der Waals surface area contributed by atoms with Crippen LogP contribution in [0.15, 0.2) is 0 Å². The third kappa shape index (κ3) is 1.88. The smallest absolute Gasteiger partial charge is 0.306 e. The number of rotatable bonds is 4. The lowest BCUT2D eigenvalue weighted by atomic mass is 9.92. The molecule has 0 aromatic rings. The number of ether oxygens (including phenoxy) is 2. The topological polar surface area (TPSA) is 96.2 Å². The number of hydrogen-bond donors (Lipinski definition) is 3. The maximum atomic E-state index is 10.6. The summed E-state index contributed by atoms with van der Waals surface area (Å²) in [5.74, 6) is -1.10. The monoisotopic (exact) mass is 206 g/mol. The Hall–Kier alpha value is -0.690. The number of methoxy groups -OCH3 is 1. The zero-order chi connectivity index (χ0) is 10.8. The summed E-state index contributed by atoms with van der Waals surface area (Å²) in [5, 5.41) is 27.2. The summed E-state index contributed by atoms with van der Waals surface area (Å²) in [6.45, 7) is -0.513. The van der Waals surface area contributed by atoms with E-state index in [2.05, 4.69) is 0 Å². The van der Waals surface area contributed by atoms with Crippen LogP contribution in [-0.2, 0) is 14.3 Å². The van der Waals surface area contributed by atoms with Crippen LogP contribution < -0.4 is 0 Å². The average molecular weight is 206 g/mol. The molecule has 14 heavy (non-hydrogen) atoms. The van der Waals surface area contributed by atoms with Crippen LogP contribution in [-0.4, -0.2) is 59.4 Å². The number of carboxylic acid groups (broad SMARTS) is 1. The van der Waals surface area contributed by atoms with Crippen molar-refractivity contribution in [3.8, 4) is 0 Å². The summed E-state index contributed by atoms with van der Waals surface area (Å²) in [5.41, 5.74) is -1.32. The molecule has 1 saturated heterocycles. The Balaban J connectivity index is 2.81. The van der Waals surface area contributed by atoms with Crippen molar-refractivity contribution in [2.75, 3.05) is 20.3 Å². The SMILES string of the molecule is COC1[C@H](O)CO[C@]1(CO)CC(=O)O. The van der Waals surface area contributed by atoms with Gasteiger partial charge in [-0.25, -0.2) is 0 Å². The molecular weight excluding hydrogens is 192 g/mol. The quantitative estimate of drug-likeness (QED) is 0.523. The fourth-order valence-corrected chi connectivity index (χ4v) is 1.74. The van der Waals surface area contributed by atoms with Crippen LogP contribution in [0, 0.1) is 0 Å². The van der Waals surface area contributed by atoms with E-state index in [0.29, 0.717) is 0 Å². The summed E-state index contributed by atoms with van der Waals surface area (Å²) in [6.07, 6.45) is -2.09. The van der Waals surface area contributed by atoms with Gasteiger partial charge in [0.25, 0.3) is 0 Å². The van der Waals surface area contributed by atoms with Gasteiger partial charge in [-0.05, 0) is 0 Å². The second-order valence-corrected chi connectivity index (χ2v) is 3.33.